The Morgan fingerprint density at radius 2 is 2.09 bits per heavy atom. The highest BCUT2D eigenvalue weighted by Crippen LogP contribution is 2.16. The van der Waals surface area contributed by atoms with Crippen molar-refractivity contribution in [3.05, 3.63) is 24.4 Å². The van der Waals surface area contributed by atoms with Gasteiger partial charge in [-0.25, -0.2) is 0 Å². The zero-order chi connectivity index (χ0) is 8.91. The predicted molar refractivity (Wildman–Crippen MR) is 45.4 cm³/mol. The van der Waals surface area contributed by atoms with Crippen LogP contribution in [0.5, 0.6) is 0 Å². The van der Waals surface area contributed by atoms with Crippen molar-refractivity contribution in [3.63, 3.8) is 0 Å². The third kappa shape index (κ3) is 3.68. The van der Waals surface area contributed by atoms with Crippen molar-refractivity contribution in [2.24, 2.45) is 10.2 Å². The second-order valence-corrected chi connectivity index (χ2v) is 2.65. The molecule has 62 valence electrons. The van der Waals surface area contributed by atoms with Gasteiger partial charge in [0.05, 0.1) is 5.70 Å². The van der Waals surface area contributed by atoms with Crippen LogP contribution in [0.2, 0.25) is 0 Å². The maximum atomic E-state index is 9.47. The molecule has 0 aliphatic heterocycles. The van der Waals surface area contributed by atoms with Gasteiger partial charge in [0.1, 0.15) is 5.60 Å². The van der Waals surface area contributed by atoms with E-state index in [0.717, 1.165) is 0 Å². The van der Waals surface area contributed by atoms with Crippen molar-refractivity contribution in [1.82, 2.24) is 0 Å². The molecule has 0 aromatic carbocycles. The molecular formula is C8H14N2O. The monoisotopic (exact) mass is 154 g/mol. The summed E-state index contributed by atoms with van der Waals surface area (Å²) in [6.07, 6.45) is 3.20. The number of rotatable bonds is 3. The molecule has 1 N–H and O–H groups in total. The highest BCUT2D eigenvalue weighted by molar-refractivity contribution is 5.16. The van der Waals surface area contributed by atoms with Gasteiger partial charge in [0, 0.05) is 7.05 Å². The van der Waals surface area contributed by atoms with E-state index in [-0.39, 0.29) is 0 Å². The summed E-state index contributed by atoms with van der Waals surface area (Å²) in [6, 6.07) is 0. The van der Waals surface area contributed by atoms with E-state index in [1.165, 1.54) is 0 Å². The fourth-order valence-corrected chi connectivity index (χ4v) is 0.579. The van der Waals surface area contributed by atoms with Gasteiger partial charge < -0.3 is 5.11 Å². The Kier molecular flexibility index (Phi) is 3.68. The molecule has 0 heterocycles. The van der Waals surface area contributed by atoms with Crippen molar-refractivity contribution >= 4 is 0 Å². The first-order chi connectivity index (χ1) is 5.02. The van der Waals surface area contributed by atoms with Crippen LogP contribution in [-0.2, 0) is 0 Å². The van der Waals surface area contributed by atoms with Gasteiger partial charge in [-0.15, -0.1) is 0 Å². The van der Waals surface area contributed by atoms with Crippen molar-refractivity contribution in [2.75, 3.05) is 7.05 Å². The molecule has 0 aliphatic rings. The molecule has 3 heteroatoms. The number of nitrogens with zero attached hydrogens (tertiary/aromatic N) is 2. The lowest BCUT2D eigenvalue weighted by molar-refractivity contribution is 0.117. The zero-order valence-electron chi connectivity index (χ0n) is 7.20. The first kappa shape index (κ1) is 10.0. The number of hydrogen-bond donors (Lipinski definition) is 1. The van der Waals surface area contributed by atoms with E-state index in [1.54, 1.807) is 33.0 Å². The van der Waals surface area contributed by atoms with Crippen LogP contribution in [0, 0.1) is 0 Å². The molecule has 0 aromatic heterocycles. The second kappa shape index (κ2) is 4.03. The molecule has 0 spiro atoms. The Morgan fingerprint density at radius 1 is 1.55 bits per heavy atom. The van der Waals surface area contributed by atoms with Gasteiger partial charge in [-0.3, -0.25) is 0 Å². The summed E-state index contributed by atoms with van der Waals surface area (Å²) in [5.41, 5.74) is -0.441. The van der Waals surface area contributed by atoms with E-state index in [1.807, 2.05) is 0 Å². The van der Waals surface area contributed by atoms with E-state index in [2.05, 4.69) is 16.8 Å². The van der Waals surface area contributed by atoms with Crippen LogP contribution in [0.4, 0.5) is 0 Å². The Bertz CT molecular complexity index is 187. The summed E-state index contributed by atoms with van der Waals surface area (Å²) in [5, 5.41) is 16.8. The molecule has 0 atom stereocenters. The summed E-state index contributed by atoms with van der Waals surface area (Å²) in [5.74, 6) is 0. The lowest BCUT2D eigenvalue weighted by Gasteiger charge is -2.15. The summed E-state index contributed by atoms with van der Waals surface area (Å²) in [4.78, 5) is 0. The molecule has 0 bridgehead atoms. The number of hydrogen-bond acceptors (Lipinski definition) is 3. The maximum Gasteiger partial charge on any atom is 0.103 e. The Hall–Kier alpha value is -0.960. The first-order valence-corrected chi connectivity index (χ1v) is 3.37. The summed E-state index contributed by atoms with van der Waals surface area (Å²) < 4.78 is 0. The molecule has 0 unspecified atom stereocenters. The lowest BCUT2D eigenvalue weighted by Crippen LogP contribution is -2.20. The highest BCUT2D eigenvalue weighted by atomic mass is 16.3. The topological polar surface area (TPSA) is 45.0 Å². The molecule has 0 amide bonds. The summed E-state index contributed by atoms with van der Waals surface area (Å²) in [6.45, 7) is 6.81. The molecule has 0 saturated carbocycles. The van der Waals surface area contributed by atoms with E-state index in [9.17, 15) is 5.11 Å². The molecule has 0 rings (SSSR count). The van der Waals surface area contributed by atoms with Crippen LogP contribution in [0.3, 0.4) is 0 Å². The SMILES string of the molecule is C=C/C=C(\N=NC)C(C)(C)O. The van der Waals surface area contributed by atoms with Crippen LogP contribution >= 0.6 is 0 Å². The average Bonchev–Trinajstić information content (AvgIpc) is 1.85. The minimum absolute atomic E-state index is 0.509. The van der Waals surface area contributed by atoms with Gasteiger partial charge in [0.2, 0.25) is 0 Å². The number of azo groups is 1. The van der Waals surface area contributed by atoms with E-state index >= 15 is 0 Å². The number of allylic oxidation sites excluding steroid dienone is 2. The maximum absolute atomic E-state index is 9.47. The molecular weight excluding hydrogens is 140 g/mol. The van der Waals surface area contributed by atoms with E-state index < -0.39 is 5.60 Å². The Labute approximate surface area is 67.2 Å². The van der Waals surface area contributed by atoms with E-state index in [0.29, 0.717) is 5.70 Å². The van der Waals surface area contributed by atoms with Crippen molar-refractivity contribution < 1.29 is 5.11 Å². The van der Waals surface area contributed by atoms with Crippen LogP contribution in [0.25, 0.3) is 0 Å². The minimum Gasteiger partial charge on any atom is -0.384 e. The zero-order valence-corrected chi connectivity index (χ0v) is 7.20. The molecule has 0 radical (unpaired) electrons. The Balaban J connectivity index is 4.61. The van der Waals surface area contributed by atoms with Crippen LogP contribution in [0.15, 0.2) is 34.7 Å². The standard InChI is InChI=1S/C8H14N2O/c1-5-6-7(10-9-4)8(2,3)11/h5-6,11H,1H2,2-4H3/b7-6-,10-9?. The average molecular weight is 154 g/mol. The predicted octanol–water partition coefficient (Wildman–Crippen LogP) is 1.91. The summed E-state index contributed by atoms with van der Waals surface area (Å²) >= 11 is 0. The summed E-state index contributed by atoms with van der Waals surface area (Å²) in [7, 11) is 1.56. The first-order valence-electron chi connectivity index (χ1n) is 3.37. The van der Waals surface area contributed by atoms with Crippen LogP contribution in [0.1, 0.15) is 13.8 Å². The van der Waals surface area contributed by atoms with Gasteiger partial charge >= 0.3 is 0 Å². The smallest absolute Gasteiger partial charge is 0.103 e. The van der Waals surface area contributed by atoms with E-state index in [4.69, 9.17) is 0 Å². The molecule has 0 aromatic rings. The molecule has 0 aliphatic carbocycles. The molecule has 0 saturated heterocycles. The van der Waals surface area contributed by atoms with Gasteiger partial charge in [-0.05, 0) is 19.9 Å². The Morgan fingerprint density at radius 3 is 2.36 bits per heavy atom. The van der Waals surface area contributed by atoms with Gasteiger partial charge in [0.25, 0.3) is 0 Å². The lowest BCUT2D eigenvalue weighted by atomic mass is 10.1. The third-order valence-electron chi connectivity index (χ3n) is 1.11. The highest BCUT2D eigenvalue weighted by Gasteiger charge is 2.18. The largest absolute Gasteiger partial charge is 0.384 e. The normalized spacial score (nSPS) is 14.0. The molecule has 0 fully saturated rings. The van der Waals surface area contributed by atoms with Crippen molar-refractivity contribution in [1.29, 1.82) is 0 Å². The fourth-order valence-electron chi connectivity index (χ4n) is 0.579. The van der Waals surface area contributed by atoms with Gasteiger partial charge in [0.15, 0.2) is 0 Å². The van der Waals surface area contributed by atoms with Gasteiger partial charge in [-0.2, -0.15) is 10.2 Å². The minimum atomic E-state index is -0.951. The van der Waals surface area contributed by atoms with Crippen molar-refractivity contribution in [2.45, 2.75) is 19.4 Å². The third-order valence-corrected chi connectivity index (χ3v) is 1.11. The second-order valence-electron chi connectivity index (χ2n) is 2.65. The van der Waals surface area contributed by atoms with Crippen molar-refractivity contribution in [3.8, 4) is 0 Å². The molecule has 11 heavy (non-hydrogen) atoms. The number of aliphatic hydroxyl groups is 1. The van der Waals surface area contributed by atoms with Gasteiger partial charge in [-0.1, -0.05) is 12.7 Å². The molecule has 3 nitrogen and oxygen atoms in total. The fraction of sp³-hybridized carbons (Fsp3) is 0.500. The van der Waals surface area contributed by atoms with Crippen LogP contribution in [-0.4, -0.2) is 17.8 Å². The quantitative estimate of drug-likeness (QED) is 0.489. The van der Waals surface area contributed by atoms with Crippen LogP contribution < -0.4 is 0 Å².